The molecule has 0 heterocycles. The lowest BCUT2D eigenvalue weighted by Gasteiger charge is -2.23. The lowest BCUT2D eigenvalue weighted by Crippen LogP contribution is -2.20. The van der Waals surface area contributed by atoms with E-state index in [0.29, 0.717) is 11.3 Å². The van der Waals surface area contributed by atoms with Gasteiger partial charge in [-0.3, -0.25) is 0 Å². The maximum atomic E-state index is 12.3. The molecule has 0 saturated heterocycles. The Morgan fingerprint density at radius 2 is 1.90 bits per heavy atom. The zero-order valence-electron chi connectivity index (χ0n) is 17.2. The molecule has 0 spiro atoms. The molecule has 0 unspecified atom stereocenters. The molecule has 0 saturated carbocycles. The molecule has 2 rings (SSSR count). The number of hydrogen-bond acceptors (Lipinski definition) is 6. The summed E-state index contributed by atoms with van der Waals surface area (Å²) in [6, 6.07) is 13.8. The second-order valence-corrected chi connectivity index (χ2v) is 8.30. The average Bonchev–Trinajstić information content (AvgIpc) is 2.70. The Morgan fingerprint density at radius 3 is 2.53 bits per heavy atom. The third kappa shape index (κ3) is 6.46. The van der Waals surface area contributed by atoms with Crippen LogP contribution in [-0.4, -0.2) is 25.7 Å². The highest BCUT2D eigenvalue weighted by molar-refractivity contribution is 9.10. The van der Waals surface area contributed by atoms with E-state index in [1.807, 2.05) is 12.1 Å². The number of carbonyl (C=O) groups is 2. The van der Waals surface area contributed by atoms with Crippen LogP contribution in [0.2, 0.25) is 0 Å². The van der Waals surface area contributed by atoms with E-state index < -0.39 is 11.9 Å². The minimum atomic E-state index is -0.738. The Labute approximate surface area is 184 Å². The molecule has 0 bridgehead atoms. The lowest BCUT2D eigenvalue weighted by molar-refractivity contribution is -0.137. The Kier molecular flexibility index (Phi) is 7.79. The SMILES string of the molecule is COC(=O)/C(C#N)=C/c1cccc(OC(=O)COc2ccc(Br)cc2C(C)(C)C)c1. The van der Waals surface area contributed by atoms with Crippen LogP contribution in [0.3, 0.4) is 0 Å². The molecule has 6 nitrogen and oxygen atoms in total. The molecule has 2 aromatic rings. The Bertz CT molecular complexity index is 1010. The van der Waals surface area contributed by atoms with Crippen molar-refractivity contribution in [2.24, 2.45) is 0 Å². The number of benzene rings is 2. The third-order valence-corrected chi connectivity index (χ3v) is 4.51. The molecule has 0 amide bonds. The quantitative estimate of drug-likeness (QED) is 0.260. The first-order valence-electron chi connectivity index (χ1n) is 9.07. The first-order chi connectivity index (χ1) is 14.1. The summed E-state index contributed by atoms with van der Waals surface area (Å²) >= 11 is 3.45. The van der Waals surface area contributed by atoms with E-state index in [-0.39, 0.29) is 23.3 Å². The van der Waals surface area contributed by atoms with Crippen molar-refractivity contribution in [3.63, 3.8) is 0 Å². The first-order valence-corrected chi connectivity index (χ1v) is 9.87. The second kappa shape index (κ2) is 10.1. The predicted molar refractivity (Wildman–Crippen MR) is 116 cm³/mol. The minimum Gasteiger partial charge on any atom is -0.482 e. The maximum absolute atomic E-state index is 12.3. The zero-order valence-corrected chi connectivity index (χ0v) is 18.8. The Balaban J connectivity index is 2.09. The molecule has 30 heavy (non-hydrogen) atoms. The molecule has 156 valence electrons. The number of rotatable bonds is 6. The number of carbonyl (C=O) groups excluding carboxylic acids is 2. The molecule has 0 radical (unpaired) electrons. The van der Waals surface area contributed by atoms with Gasteiger partial charge in [0.15, 0.2) is 6.61 Å². The van der Waals surface area contributed by atoms with Gasteiger partial charge in [0.25, 0.3) is 0 Å². The number of methoxy groups -OCH3 is 1. The molecular weight excluding hydrogens is 450 g/mol. The largest absolute Gasteiger partial charge is 0.482 e. The van der Waals surface area contributed by atoms with Crippen LogP contribution in [0, 0.1) is 11.3 Å². The molecule has 0 fully saturated rings. The van der Waals surface area contributed by atoms with Crippen molar-refractivity contribution in [1.82, 2.24) is 0 Å². The maximum Gasteiger partial charge on any atom is 0.349 e. The molecule has 0 aliphatic carbocycles. The van der Waals surface area contributed by atoms with Gasteiger partial charge >= 0.3 is 11.9 Å². The van der Waals surface area contributed by atoms with Gasteiger partial charge in [-0.25, -0.2) is 9.59 Å². The van der Waals surface area contributed by atoms with Crippen molar-refractivity contribution >= 4 is 33.9 Å². The summed E-state index contributed by atoms with van der Waals surface area (Å²) in [4.78, 5) is 23.8. The molecular formula is C23H22BrNO5. The van der Waals surface area contributed by atoms with E-state index >= 15 is 0 Å². The summed E-state index contributed by atoms with van der Waals surface area (Å²) in [5.74, 6) is -0.438. The van der Waals surface area contributed by atoms with Crippen LogP contribution in [-0.2, 0) is 19.7 Å². The lowest BCUT2D eigenvalue weighted by atomic mass is 9.86. The van der Waals surface area contributed by atoms with Crippen LogP contribution in [0.1, 0.15) is 31.9 Å². The van der Waals surface area contributed by atoms with Crippen LogP contribution < -0.4 is 9.47 Å². The molecule has 0 aliphatic heterocycles. The van der Waals surface area contributed by atoms with Crippen LogP contribution in [0.25, 0.3) is 6.08 Å². The number of esters is 2. The van der Waals surface area contributed by atoms with E-state index in [4.69, 9.17) is 14.7 Å². The first kappa shape index (κ1) is 23.2. The van der Waals surface area contributed by atoms with Gasteiger partial charge < -0.3 is 14.2 Å². The van der Waals surface area contributed by atoms with Gasteiger partial charge in [-0.05, 0) is 47.4 Å². The van der Waals surface area contributed by atoms with Gasteiger partial charge in [-0.2, -0.15) is 5.26 Å². The normalized spacial score (nSPS) is 11.4. The standard InChI is InChI=1S/C23H22BrNO5/c1-23(2,3)19-12-17(24)8-9-20(19)29-14-21(26)30-18-7-5-6-15(11-18)10-16(13-25)22(27)28-4/h5-12H,14H2,1-4H3/b16-10+. The summed E-state index contributed by atoms with van der Waals surface area (Å²) in [6.07, 6.45) is 1.36. The molecule has 2 aromatic carbocycles. The van der Waals surface area contributed by atoms with Gasteiger partial charge in [0, 0.05) is 10.0 Å². The fourth-order valence-corrected chi connectivity index (χ4v) is 2.95. The fraction of sp³-hybridized carbons (Fsp3) is 0.261. The topological polar surface area (TPSA) is 85.6 Å². The second-order valence-electron chi connectivity index (χ2n) is 7.39. The number of nitriles is 1. The van der Waals surface area contributed by atoms with E-state index in [9.17, 15) is 9.59 Å². The minimum absolute atomic E-state index is 0.158. The Hall–Kier alpha value is -3.11. The van der Waals surface area contributed by atoms with Crippen LogP contribution in [0.15, 0.2) is 52.5 Å². The zero-order chi connectivity index (χ0) is 22.3. The number of hydrogen-bond donors (Lipinski definition) is 0. The smallest absolute Gasteiger partial charge is 0.349 e. The van der Waals surface area contributed by atoms with Crippen molar-refractivity contribution in [3.05, 3.63) is 63.6 Å². The van der Waals surface area contributed by atoms with E-state index in [0.717, 1.165) is 10.0 Å². The van der Waals surface area contributed by atoms with Gasteiger partial charge in [-0.15, -0.1) is 0 Å². The van der Waals surface area contributed by atoms with Crippen molar-refractivity contribution in [2.75, 3.05) is 13.7 Å². The summed E-state index contributed by atoms with van der Waals surface area (Å²) in [5, 5.41) is 9.05. The van der Waals surface area contributed by atoms with Gasteiger partial charge in [-0.1, -0.05) is 48.8 Å². The van der Waals surface area contributed by atoms with Gasteiger partial charge in [0.05, 0.1) is 7.11 Å². The Morgan fingerprint density at radius 1 is 1.17 bits per heavy atom. The fourth-order valence-electron chi connectivity index (χ4n) is 2.59. The van der Waals surface area contributed by atoms with Gasteiger partial charge in [0.2, 0.25) is 0 Å². The van der Waals surface area contributed by atoms with Gasteiger partial charge in [0.1, 0.15) is 23.1 Å². The molecule has 0 atom stereocenters. The molecule has 0 N–H and O–H groups in total. The number of ether oxygens (including phenoxy) is 3. The molecule has 7 heteroatoms. The van der Waals surface area contributed by atoms with E-state index in [2.05, 4.69) is 41.4 Å². The third-order valence-electron chi connectivity index (χ3n) is 4.02. The predicted octanol–water partition coefficient (Wildman–Crippen LogP) is 4.81. The molecule has 0 aliphatic rings. The summed E-state index contributed by atoms with van der Waals surface area (Å²) in [5.41, 5.74) is 1.16. The van der Waals surface area contributed by atoms with Crippen LogP contribution in [0.5, 0.6) is 11.5 Å². The van der Waals surface area contributed by atoms with Crippen molar-refractivity contribution in [3.8, 4) is 17.6 Å². The highest BCUT2D eigenvalue weighted by Gasteiger charge is 2.20. The highest BCUT2D eigenvalue weighted by Crippen LogP contribution is 2.33. The number of halogens is 1. The van der Waals surface area contributed by atoms with E-state index in [1.54, 1.807) is 36.4 Å². The molecule has 0 aromatic heterocycles. The van der Waals surface area contributed by atoms with Crippen molar-refractivity contribution < 1.29 is 23.8 Å². The van der Waals surface area contributed by atoms with Crippen LogP contribution >= 0.6 is 15.9 Å². The summed E-state index contributed by atoms with van der Waals surface area (Å²) in [7, 11) is 1.20. The van der Waals surface area contributed by atoms with Crippen molar-refractivity contribution in [2.45, 2.75) is 26.2 Å². The van der Waals surface area contributed by atoms with Crippen LogP contribution in [0.4, 0.5) is 0 Å². The summed E-state index contributed by atoms with van der Waals surface area (Å²) < 4.78 is 16.5. The summed E-state index contributed by atoms with van der Waals surface area (Å²) in [6.45, 7) is 5.91. The highest BCUT2D eigenvalue weighted by atomic mass is 79.9. The monoisotopic (exact) mass is 471 g/mol. The average molecular weight is 472 g/mol. The van der Waals surface area contributed by atoms with Crippen molar-refractivity contribution in [1.29, 1.82) is 5.26 Å². The number of nitrogens with zero attached hydrogens (tertiary/aromatic N) is 1. The van der Waals surface area contributed by atoms with E-state index in [1.165, 1.54) is 13.2 Å².